The van der Waals surface area contributed by atoms with Crippen LogP contribution in [0.2, 0.25) is 0 Å². The minimum atomic E-state index is -0.802. The van der Waals surface area contributed by atoms with Gasteiger partial charge in [-0.3, -0.25) is 14.4 Å². The normalized spacial score (nSPS) is 12.7. The second kappa shape index (κ2) is 69.8. The van der Waals surface area contributed by atoms with Crippen LogP contribution in [0.25, 0.3) is 0 Å². The lowest BCUT2D eigenvalue weighted by Crippen LogP contribution is -2.30. The molecule has 0 saturated heterocycles. The number of hydrogen-bond donors (Lipinski definition) is 0. The van der Waals surface area contributed by atoms with E-state index in [1.54, 1.807) is 0 Å². The number of carbonyl (C=O) groups is 3. The molecule has 1 atom stereocenters. The van der Waals surface area contributed by atoms with Gasteiger partial charge in [0.2, 0.25) is 0 Å². The Hall–Kier alpha value is -3.67. The highest BCUT2D eigenvalue weighted by molar-refractivity contribution is 5.71. The maximum Gasteiger partial charge on any atom is 0.306 e. The molecular weight excluding hydrogens is 1010 g/mol. The highest BCUT2D eigenvalue weighted by Gasteiger charge is 2.19. The highest BCUT2D eigenvalue weighted by Crippen LogP contribution is 2.17. The zero-order valence-corrected chi connectivity index (χ0v) is 54.2. The largest absolute Gasteiger partial charge is 0.462 e. The van der Waals surface area contributed by atoms with Crippen molar-refractivity contribution >= 4 is 17.9 Å². The van der Waals surface area contributed by atoms with Crippen molar-refractivity contribution in [2.75, 3.05) is 13.2 Å². The molecule has 0 rings (SSSR count). The van der Waals surface area contributed by atoms with Crippen LogP contribution in [0.3, 0.4) is 0 Å². The van der Waals surface area contributed by atoms with Crippen molar-refractivity contribution in [1.82, 2.24) is 0 Å². The molecule has 0 aromatic carbocycles. The van der Waals surface area contributed by atoms with E-state index >= 15 is 0 Å². The molecule has 0 spiro atoms. The van der Waals surface area contributed by atoms with Gasteiger partial charge in [0.15, 0.2) is 6.10 Å². The second-order valence-corrected chi connectivity index (χ2v) is 23.4. The smallest absolute Gasteiger partial charge is 0.306 e. The van der Waals surface area contributed by atoms with E-state index < -0.39 is 6.10 Å². The number of esters is 3. The molecule has 0 amide bonds. The summed E-state index contributed by atoms with van der Waals surface area (Å²) in [4.78, 5) is 38.5. The highest BCUT2D eigenvalue weighted by atomic mass is 16.6. The van der Waals surface area contributed by atoms with E-state index in [1.165, 1.54) is 205 Å². The van der Waals surface area contributed by atoms with Gasteiger partial charge in [0.25, 0.3) is 0 Å². The molecule has 82 heavy (non-hydrogen) atoms. The molecule has 0 fully saturated rings. The maximum atomic E-state index is 12.9. The van der Waals surface area contributed by atoms with Crippen molar-refractivity contribution in [3.8, 4) is 0 Å². The lowest BCUT2D eigenvalue weighted by atomic mass is 10.0. The fraction of sp³-hybridized carbons (Fsp3) is 0.750. The molecule has 0 N–H and O–H groups in total. The molecule has 472 valence electrons. The molecule has 0 aromatic heterocycles. The summed E-state index contributed by atoms with van der Waals surface area (Å²) in [6.45, 7) is 6.53. The third-order valence-corrected chi connectivity index (χ3v) is 15.3. The molecule has 0 aliphatic rings. The van der Waals surface area contributed by atoms with Crippen LogP contribution in [0.4, 0.5) is 0 Å². The van der Waals surface area contributed by atoms with E-state index in [2.05, 4.69) is 118 Å². The predicted octanol–water partition coefficient (Wildman–Crippen LogP) is 24.4. The monoisotopic (exact) mass is 1140 g/mol. The number of hydrogen-bond acceptors (Lipinski definition) is 6. The average Bonchev–Trinajstić information content (AvgIpc) is 3.47. The van der Waals surface area contributed by atoms with Gasteiger partial charge in [0, 0.05) is 19.3 Å². The van der Waals surface area contributed by atoms with Crippen molar-refractivity contribution in [2.24, 2.45) is 0 Å². The first-order chi connectivity index (χ1) is 40.5. The number of allylic oxidation sites excluding steroid dienone is 16. The van der Waals surface area contributed by atoms with Crippen molar-refractivity contribution < 1.29 is 28.6 Å². The van der Waals surface area contributed by atoms with Gasteiger partial charge in [-0.15, -0.1) is 0 Å². The SMILES string of the molecule is CC/C=C\C/C=C\C/C=C\C/C=C\C/C=C\C/C=C\CCCCC(=O)OC(COC(=O)CCCCCCCCCCCCCCC/C=C\C/C=C\CCCCCCC)COC(=O)CCCCCCCCCCCCCCCCCCCC. The Kier molecular flexibility index (Phi) is 66.7. The Bertz CT molecular complexity index is 1590. The van der Waals surface area contributed by atoms with Gasteiger partial charge in [-0.1, -0.05) is 323 Å². The van der Waals surface area contributed by atoms with Crippen LogP contribution in [0.15, 0.2) is 97.2 Å². The van der Waals surface area contributed by atoms with Gasteiger partial charge in [-0.2, -0.15) is 0 Å². The lowest BCUT2D eigenvalue weighted by Gasteiger charge is -2.18. The van der Waals surface area contributed by atoms with Crippen molar-refractivity contribution in [2.45, 2.75) is 354 Å². The lowest BCUT2D eigenvalue weighted by molar-refractivity contribution is -0.167. The van der Waals surface area contributed by atoms with E-state index in [0.717, 1.165) is 96.3 Å². The molecule has 1 unspecified atom stereocenters. The fourth-order valence-corrected chi connectivity index (χ4v) is 10.1. The van der Waals surface area contributed by atoms with Crippen LogP contribution in [-0.2, 0) is 28.6 Å². The molecule has 0 aliphatic heterocycles. The topological polar surface area (TPSA) is 78.9 Å². The molecule has 6 heteroatoms. The standard InChI is InChI=1S/C76H132O6/c1-4-7-10-13-16-19-22-25-28-31-34-36-37-38-39-41-42-45-48-51-54-57-60-63-66-69-75(78)81-72-73(71-80-74(77)68-65-62-59-56-53-50-47-44-33-30-27-24-21-18-15-12-9-6-3)82-76(79)70-67-64-61-58-55-52-49-46-43-40-35-32-29-26-23-20-17-14-11-8-5-2/h8,11,17,20,22,25-26,29,31,34-35,40,46,49,55,58,73H,4-7,9-10,12-16,18-19,21,23-24,27-28,30,32-33,36-39,41-45,47-48,50-54,56-57,59-72H2,1-3H3/b11-8-,20-17-,25-22-,29-26-,34-31-,40-35-,49-46-,58-55-. The number of unbranched alkanes of at least 4 members (excludes halogenated alkanes) is 37. The van der Waals surface area contributed by atoms with Crippen LogP contribution in [0, 0.1) is 0 Å². The third kappa shape index (κ3) is 67.1. The molecule has 0 bridgehead atoms. The summed E-state index contributed by atoms with van der Waals surface area (Å²) < 4.78 is 17.0. The summed E-state index contributed by atoms with van der Waals surface area (Å²) in [6, 6.07) is 0. The summed E-state index contributed by atoms with van der Waals surface area (Å²) in [6.07, 6.45) is 94.3. The molecular formula is C76H132O6. The third-order valence-electron chi connectivity index (χ3n) is 15.3. The first-order valence-electron chi connectivity index (χ1n) is 35.2. The Morgan fingerprint density at radius 1 is 0.256 bits per heavy atom. The molecule has 0 aromatic rings. The van der Waals surface area contributed by atoms with Gasteiger partial charge in [-0.25, -0.2) is 0 Å². The number of rotatable bonds is 64. The first kappa shape index (κ1) is 78.3. The van der Waals surface area contributed by atoms with E-state index in [-0.39, 0.29) is 37.5 Å². The Morgan fingerprint density at radius 3 is 0.768 bits per heavy atom. The zero-order chi connectivity index (χ0) is 59.2. The van der Waals surface area contributed by atoms with Crippen LogP contribution < -0.4 is 0 Å². The van der Waals surface area contributed by atoms with E-state index in [0.29, 0.717) is 19.3 Å². The number of ether oxygens (including phenoxy) is 3. The predicted molar refractivity (Wildman–Crippen MR) is 357 cm³/mol. The minimum Gasteiger partial charge on any atom is -0.462 e. The van der Waals surface area contributed by atoms with Crippen LogP contribution in [0.5, 0.6) is 0 Å². The molecule has 0 heterocycles. The molecule has 0 saturated carbocycles. The van der Waals surface area contributed by atoms with E-state index in [1.807, 2.05) is 0 Å². The van der Waals surface area contributed by atoms with E-state index in [4.69, 9.17) is 14.2 Å². The van der Waals surface area contributed by atoms with Crippen LogP contribution in [-0.4, -0.2) is 37.2 Å². The van der Waals surface area contributed by atoms with Crippen LogP contribution in [0.1, 0.15) is 348 Å². The van der Waals surface area contributed by atoms with E-state index in [9.17, 15) is 14.4 Å². The van der Waals surface area contributed by atoms with Crippen LogP contribution >= 0.6 is 0 Å². The summed E-state index contributed by atoms with van der Waals surface area (Å²) in [5.74, 6) is -0.919. The molecule has 0 radical (unpaired) electrons. The molecule has 6 nitrogen and oxygen atoms in total. The maximum absolute atomic E-state index is 12.9. The zero-order valence-electron chi connectivity index (χ0n) is 54.2. The fourth-order valence-electron chi connectivity index (χ4n) is 10.1. The average molecular weight is 1140 g/mol. The van der Waals surface area contributed by atoms with Crippen molar-refractivity contribution in [3.63, 3.8) is 0 Å². The summed E-state index contributed by atoms with van der Waals surface area (Å²) >= 11 is 0. The van der Waals surface area contributed by atoms with Crippen molar-refractivity contribution in [1.29, 1.82) is 0 Å². The first-order valence-corrected chi connectivity index (χ1v) is 35.2. The van der Waals surface area contributed by atoms with Gasteiger partial charge in [0.1, 0.15) is 13.2 Å². The Labute approximate surface area is 508 Å². The summed E-state index contributed by atoms with van der Waals surface area (Å²) in [5, 5.41) is 0. The van der Waals surface area contributed by atoms with Gasteiger partial charge >= 0.3 is 17.9 Å². The second-order valence-electron chi connectivity index (χ2n) is 23.4. The van der Waals surface area contributed by atoms with Gasteiger partial charge in [0.05, 0.1) is 0 Å². The molecule has 0 aliphatic carbocycles. The minimum absolute atomic E-state index is 0.0922. The quantitative estimate of drug-likeness (QED) is 0.0261. The number of carbonyl (C=O) groups excluding carboxylic acids is 3. The summed E-state index contributed by atoms with van der Waals surface area (Å²) in [5.41, 5.74) is 0. The Balaban J connectivity index is 4.41. The van der Waals surface area contributed by atoms with Crippen molar-refractivity contribution in [3.05, 3.63) is 97.2 Å². The van der Waals surface area contributed by atoms with Gasteiger partial charge < -0.3 is 14.2 Å². The van der Waals surface area contributed by atoms with Gasteiger partial charge in [-0.05, 0) is 103 Å². The Morgan fingerprint density at radius 2 is 0.476 bits per heavy atom. The summed E-state index contributed by atoms with van der Waals surface area (Å²) in [7, 11) is 0.